The number of hydrogen-bond acceptors (Lipinski definition) is 3. The summed E-state index contributed by atoms with van der Waals surface area (Å²) < 4.78 is 0. The van der Waals surface area contributed by atoms with Crippen molar-refractivity contribution in [3.63, 3.8) is 0 Å². The van der Waals surface area contributed by atoms with Crippen LogP contribution in [0.4, 0.5) is 5.69 Å². The van der Waals surface area contributed by atoms with Crippen molar-refractivity contribution in [1.82, 2.24) is 0 Å². The summed E-state index contributed by atoms with van der Waals surface area (Å²) in [7, 11) is 0. The third-order valence-corrected chi connectivity index (χ3v) is 2.73. The van der Waals surface area contributed by atoms with E-state index in [1.165, 1.54) is 0 Å². The first-order chi connectivity index (χ1) is 7.59. The van der Waals surface area contributed by atoms with Gasteiger partial charge in [0.2, 0.25) is 0 Å². The van der Waals surface area contributed by atoms with Crippen LogP contribution in [0.25, 0.3) is 0 Å². The molecule has 1 aliphatic rings. The van der Waals surface area contributed by atoms with Gasteiger partial charge in [-0.3, -0.25) is 4.79 Å². The van der Waals surface area contributed by atoms with Crippen LogP contribution in [0.3, 0.4) is 0 Å². The van der Waals surface area contributed by atoms with E-state index in [2.05, 4.69) is 5.32 Å². The molecule has 16 heavy (non-hydrogen) atoms. The molecular weight excluding hydrogens is 210 g/mol. The van der Waals surface area contributed by atoms with Crippen LogP contribution >= 0.6 is 0 Å². The SMILES string of the molecule is O=C(O)C[C@@H]1c2ccccc2N[C@@H]1C(=O)O. The second-order valence-electron chi connectivity index (χ2n) is 3.75. The van der Waals surface area contributed by atoms with Gasteiger partial charge in [0.1, 0.15) is 6.04 Å². The first-order valence-corrected chi connectivity index (χ1v) is 4.89. The number of carboxylic acids is 2. The second-order valence-corrected chi connectivity index (χ2v) is 3.75. The Morgan fingerprint density at radius 1 is 1.25 bits per heavy atom. The maximum absolute atomic E-state index is 11.0. The Morgan fingerprint density at radius 2 is 1.94 bits per heavy atom. The van der Waals surface area contributed by atoms with E-state index in [1.54, 1.807) is 24.3 Å². The number of anilines is 1. The molecule has 0 fully saturated rings. The topological polar surface area (TPSA) is 86.6 Å². The first kappa shape index (κ1) is 10.5. The van der Waals surface area contributed by atoms with Crippen LogP contribution in [0, 0.1) is 0 Å². The van der Waals surface area contributed by atoms with Gasteiger partial charge in [-0.05, 0) is 11.6 Å². The molecule has 5 heteroatoms. The molecule has 0 unspecified atom stereocenters. The van der Waals surface area contributed by atoms with E-state index in [9.17, 15) is 9.59 Å². The summed E-state index contributed by atoms with van der Waals surface area (Å²) in [6, 6.07) is 6.23. The minimum absolute atomic E-state index is 0.180. The molecule has 0 aliphatic carbocycles. The van der Waals surface area contributed by atoms with Crippen LogP contribution in [0.15, 0.2) is 24.3 Å². The summed E-state index contributed by atoms with van der Waals surface area (Å²) in [4.78, 5) is 21.7. The summed E-state index contributed by atoms with van der Waals surface area (Å²) in [6.07, 6.45) is -0.180. The van der Waals surface area contributed by atoms with E-state index in [0.29, 0.717) is 5.69 Å². The molecule has 0 saturated heterocycles. The van der Waals surface area contributed by atoms with E-state index < -0.39 is 23.9 Å². The number of carbonyl (C=O) groups is 2. The van der Waals surface area contributed by atoms with E-state index in [1.807, 2.05) is 0 Å². The molecule has 3 N–H and O–H groups in total. The van der Waals surface area contributed by atoms with Gasteiger partial charge in [-0.15, -0.1) is 0 Å². The van der Waals surface area contributed by atoms with Crippen LogP contribution in [0.2, 0.25) is 0 Å². The third-order valence-electron chi connectivity index (χ3n) is 2.73. The van der Waals surface area contributed by atoms with Gasteiger partial charge in [0, 0.05) is 11.6 Å². The highest BCUT2D eigenvalue weighted by Gasteiger charge is 2.37. The molecule has 0 bridgehead atoms. The summed E-state index contributed by atoms with van der Waals surface area (Å²) in [5, 5.41) is 20.6. The van der Waals surface area contributed by atoms with E-state index in [4.69, 9.17) is 10.2 Å². The average molecular weight is 221 g/mol. The number of nitrogens with one attached hydrogen (secondary N) is 1. The van der Waals surface area contributed by atoms with Gasteiger partial charge in [0.05, 0.1) is 6.42 Å². The lowest BCUT2D eigenvalue weighted by molar-refractivity contribution is -0.139. The minimum atomic E-state index is -1.03. The number of carboxylic acid groups (broad SMARTS) is 2. The lowest BCUT2D eigenvalue weighted by Crippen LogP contribution is -2.31. The van der Waals surface area contributed by atoms with E-state index in [0.717, 1.165) is 5.56 Å². The summed E-state index contributed by atoms with van der Waals surface area (Å²) in [6.45, 7) is 0. The number of hydrogen-bond donors (Lipinski definition) is 3. The molecular formula is C11H11NO4. The first-order valence-electron chi connectivity index (χ1n) is 4.89. The Balaban J connectivity index is 2.35. The number of para-hydroxylation sites is 1. The molecule has 0 amide bonds. The smallest absolute Gasteiger partial charge is 0.326 e. The van der Waals surface area contributed by atoms with Crippen molar-refractivity contribution in [2.45, 2.75) is 18.4 Å². The summed E-state index contributed by atoms with van der Waals surface area (Å²) >= 11 is 0. The van der Waals surface area contributed by atoms with Gasteiger partial charge in [0.15, 0.2) is 0 Å². The Bertz CT molecular complexity index is 443. The van der Waals surface area contributed by atoms with Gasteiger partial charge in [-0.2, -0.15) is 0 Å². The molecule has 0 radical (unpaired) electrons. The summed E-state index contributed by atoms with van der Waals surface area (Å²) in [5.41, 5.74) is 1.47. The zero-order chi connectivity index (χ0) is 11.7. The molecule has 2 rings (SSSR count). The van der Waals surface area contributed by atoms with Crippen molar-refractivity contribution in [2.75, 3.05) is 5.32 Å². The average Bonchev–Trinajstić information content (AvgIpc) is 2.57. The molecule has 1 aromatic carbocycles. The second kappa shape index (κ2) is 3.84. The molecule has 2 atom stereocenters. The Kier molecular flexibility index (Phi) is 2.52. The third kappa shape index (κ3) is 1.71. The maximum Gasteiger partial charge on any atom is 0.326 e. The van der Waals surface area contributed by atoms with Crippen LogP contribution in [-0.2, 0) is 9.59 Å². The number of aliphatic carboxylic acids is 2. The fraction of sp³-hybridized carbons (Fsp3) is 0.273. The Labute approximate surface area is 91.7 Å². The number of fused-ring (bicyclic) bond motifs is 1. The molecule has 0 saturated carbocycles. The Hall–Kier alpha value is -2.04. The van der Waals surface area contributed by atoms with Crippen molar-refractivity contribution in [1.29, 1.82) is 0 Å². The maximum atomic E-state index is 11.0. The predicted molar refractivity (Wildman–Crippen MR) is 56.5 cm³/mol. The van der Waals surface area contributed by atoms with Crippen LogP contribution in [0.1, 0.15) is 17.9 Å². The van der Waals surface area contributed by atoms with Gasteiger partial charge in [-0.25, -0.2) is 4.79 Å². The highest BCUT2D eigenvalue weighted by molar-refractivity contribution is 5.84. The molecule has 1 aromatic rings. The van der Waals surface area contributed by atoms with Crippen LogP contribution < -0.4 is 5.32 Å². The van der Waals surface area contributed by atoms with Gasteiger partial charge < -0.3 is 15.5 Å². The van der Waals surface area contributed by atoms with Crippen molar-refractivity contribution in [2.24, 2.45) is 0 Å². The molecule has 1 aliphatic heterocycles. The summed E-state index contributed by atoms with van der Waals surface area (Å²) in [5.74, 6) is -2.52. The van der Waals surface area contributed by atoms with Crippen molar-refractivity contribution in [3.8, 4) is 0 Å². The van der Waals surface area contributed by atoms with Gasteiger partial charge >= 0.3 is 11.9 Å². The van der Waals surface area contributed by atoms with Crippen LogP contribution in [0.5, 0.6) is 0 Å². The fourth-order valence-corrected chi connectivity index (χ4v) is 2.05. The Morgan fingerprint density at radius 3 is 2.56 bits per heavy atom. The highest BCUT2D eigenvalue weighted by atomic mass is 16.4. The standard InChI is InChI=1S/C11H11NO4/c13-9(14)5-7-6-3-1-2-4-8(6)12-10(7)11(15)16/h1-4,7,10,12H,5H2,(H,13,14)(H,15,16)/t7-,10+/m1/s1. The van der Waals surface area contributed by atoms with Crippen molar-refractivity contribution < 1.29 is 19.8 Å². The number of rotatable bonds is 3. The fourth-order valence-electron chi connectivity index (χ4n) is 2.05. The van der Waals surface area contributed by atoms with Crippen LogP contribution in [-0.4, -0.2) is 28.2 Å². The molecule has 0 spiro atoms. The quantitative estimate of drug-likeness (QED) is 0.712. The van der Waals surface area contributed by atoms with Crippen molar-refractivity contribution in [3.05, 3.63) is 29.8 Å². The lowest BCUT2D eigenvalue weighted by atomic mass is 9.92. The lowest BCUT2D eigenvalue weighted by Gasteiger charge is -2.13. The number of benzene rings is 1. The normalized spacial score (nSPS) is 22.2. The van der Waals surface area contributed by atoms with E-state index >= 15 is 0 Å². The monoisotopic (exact) mass is 221 g/mol. The minimum Gasteiger partial charge on any atom is -0.481 e. The van der Waals surface area contributed by atoms with Crippen molar-refractivity contribution >= 4 is 17.6 Å². The highest BCUT2D eigenvalue weighted by Crippen LogP contribution is 2.37. The molecule has 1 heterocycles. The predicted octanol–water partition coefficient (Wildman–Crippen LogP) is 1.12. The largest absolute Gasteiger partial charge is 0.481 e. The molecule has 0 aromatic heterocycles. The zero-order valence-electron chi connectivity index (χ0n) is 8.38. The molecule has 84 valence electrons. The zero-order valence-corrected chi connectivity index (χ0v) is 8.38. The van der Waals surface area contributed by atoms with E-state index in [-0.39, 0.29) is 6.42 Å². The van der Waals surface area contributed by atoms with Gasteiger partial charge in [0.25, 0.3) is 0 Å². The molecule has 5 nitrogen and oxygen atoms in total. The van der Waals surface area contributed by atoms with Gasteiger partial charge in [-0.1, -0.05) is 18.2 Å².